The topological polar surface area (TPSA) is 89.3 Å². The zero-order valence-corrected chi connectivity index (χ0v) is 17.3. The van der Waals surface area contributed by atoms with Crippen molar-refractivity contribution >= 4 is 29.4 Å². The predicted octanol–water partition coefficient (Wildman–Crippen LogP) is 2.72. The van der Waals surface area contributed by atoms with Crippen LogP contribution in [0.15, 0.2) is 6.07 Å². The van der Waals surface area contributed by atoms with Crippen molar-refractivity contribution < 1.29 is 14.3 Å². The first kappa shape index (κ1) is 18.5. The van der Waals surface area contributed by atoms with Gasteiger partial charge in [-0.05, 0) is 18.9 Å². The summed E-state index contributed by atoms with van der Waals surface area (Å²) in [4.78, 5) is 32.5. The van der Waals surface area contributed by atoms with Crippen LogP contribution in [0.1, 0.15) is 63.4 Å². The van der Waals surface area contributed by atoms with Gasteiger partial charge in [-0.1, -0.05) is 12.8 Å². The van der Waals surface area contributed by atoms with Gasteiger partial charge in [0.2, 0.25) is 5.88 Å². The van der Waals surface area contributed by atoms with Gasteiger partial charge in [0.15, 0.2) is 0 Å². The second-order valence-electron chi connectivity index (χ2n) is 7.76. The van der Waals surface area contributed by atoms with Crippen LogP contribution in [-0.2, 0) is 25.1 Å². The lowest BCUT2D eigenvalue weighted by Crippen LogP contribution is -2.33. The first-order valence-corrected chi connectivity index (χ1v) is 11.0. The van der Waals surface area contributed by atoms with E-state index in [0.29, 0.717) is 23.6 Å². The van der Waals surface area contributed by atoms with E-state index in [2.05, 4.69) is 15.4 Å². The molecule has 2 aliphatic heterocycles. The van der Waals surface area contributed by atoms with Crippen molar-refractivity contribution in [3.8, 4) is 5.88 Å². The third-order valence-electron chi connectivity index (χ3n) is 6.03. The Morgan fingerprint density at radius 1 is 1.28 bits per heavy atom. The number of pyridine rings is 1. The van der Waals surface area contributed by atoms with Crippen molar-refractivity contribution in [3.63, 3.8) is 0 Å². The molecule has 4 heterocycles. The van der Waals surface area contributed by atoms with Gasteiger partial charge in [0.1, 0.15) is 11.4 Å². The Balaban J connectivity index is 1.45. The summed E-state index contributed by atoms with van der Waals surface area (Å²) >= 11 is 1.78. The Bertz CT molecular complexity index is 1010. The van der Waals surface area contributed by atoms with Crippen LogP contribution in [0.3, 0.4) is 0 Å². The molecule has 0 radical (unpaired) electrons. The minimum atomic E-state index is -0.341. The molecule has 1 fully saturated rings. The fourth-order valence-corrected chi connectivity index (χ4v) is 5.56. The van der Waals surface area contributed by atoms with Gasteiger partial charge in [-0.25, -0.2) is 4.98 Å². The van der Waals surface area contributed by atoms with Gasteiger partial charge >= 0.3 is 0 Å². The Kier molecular flexibility index (Phi) is 4.49. The highest BCUT2D eigenvalue weighted by molar-refractivity contribution is 7.98. The highest BCUT2D eigenvalue weighted by atomic mass is 32.2. The van der Waals surface area contributed by atoms with E-state index in [4.69, 9.17) is 4.74 Å². The molecule has 8 nitrogen and oxygen atoms in total. The maximum atomic E-state index is 13.1. The van der Waals surface area contributed by atoms with Crippen LogP contribution in [0.5, 0.6) is 5.88 Å². The number of fused-ring (bicyclic) bond motifs is 2. The molecule has 1 N–H and O–H groups in total. The summed E-state index contributed by atoms with van der Waals surface area (Å²) in [6.07, 6.45) is 4.38. The smallest absolute Gasteiger partial charge is 0.262 e. The number of thioether (sulfide) groups is 1. The van der Waals surface area contributed by atoms with Crippen LogP contribution in [0, 0.1) is 0 Å². The molecule has 0 unspecified atom stereocenters. The molecule has 5 rings (SSSR count). The first-order valence-electron chi connectivity index (χ1n) is 9.89. The standard InChI is InChI=1S/C20H23N5O3S/c1-24-17(14-9-29-10-16(14)23-24)22-18(26)13-7-12-15(21-19(13)28-2)8-25(20(12)27)11-5-3-4-6-11/h7,11H,3-6,8-10H2,1-2H3,(H,22,26). The van der Waals surface area contributed by atoms with Gasteiger partial charge in [0.05, 0.1) is 30.6 Å². The monoisotopic (exact) mass is 413 g/mol. The summed E-state index contributed by atoms with van der Waals surface area (Å²) in [6, 6.07) is 1.91. The second-order valence-corrected chi connectivity index (χ2v) is 8.74. The molecule has 0 aromatic carbocycles. The highest BCUT2D eigenvalue weighted by Crippen LogP contribution is 2.36. The number of nitrogens with zero attached hydrogens (tertiary/aromatic N) is 4. The van der Waals surface area contributed by atoms with Crippen LogP contribution in [0.4, 0.5) is 5.82 Å². The number of hydrogen-bond donors (Lipinski definition) is 1. The van der Waals surface area contributed by atoms with Crippen LogP contribution in [-0.4, -0.2) is 44.6 Å². The molecule has 2 aromatic heterocycles. The van der Waals surface area contributed by atoms with E-state index in [0.717, 1.165) is 48.4 Å². The maximum Gasteiger partial charge on any atom is 0.262 e. The fraction of sp³-hybridized carbons (Fsp3) is 0.500. The van der Waals surface area contributed by atoms with Crippen molar-refractivity contribution in [2.75, 3.05) is 12.4 Å². The largest absolute Gasteiger partial charge is 0.480 e. The normalized spacial score (nSPS) is 18.3. The molecule has 1 saturated carbocycles. The fourth-order valence-electron chi connectivity index (χ4n) is 4.53. The minimum absolute atomic E-state index is 0.0334. The minimum Gasteiger partial charge on any atom is -0.480 e. The summed E-state index contributed by atoms with van der Waals surface area (Å²) < 4.78 is 7.10. The lowest BCUT2D eigenvalue weighted by molar-refractivity contribution is 0.0706. The molecule has 2 aromatic rings. The van der Waals surface area contributed by atoms with Gasteiger partial charge in [0, 0.05) is 30.2 Å². The quantitative estimate of drug-likeness (QED) is 0.829. The van der Waals surface area contributed by atoms with Gasteiger partial charge in [-0.15, -0.1) is 0 Å². The molecule has 0 spiro atoms. The molecule has 9 heteroatoms. The number of anilines is 1. The number of nitrogens with one attached hydrogen (secondary N) is 1. The lowest BCUT2D eigenvalue weighted by atomic mass is 10.1. The lowest BCUT2D eigenvalue weighted by Gasteiger charge is -2.22. The average Bonchev–Trinajstić information content (AvgIpc) is 3.48. The van der Waals surface area contributed by atoms with Gasteiger partial charge < -0.3 is 15.0 Å². The second kappa shape index (κ2) is 7.05. The van der Waals surface area contributed by atoms with Crippen LogP contribution >= 0.6 is 11.8 Å². The summed E-state index contributed by atoms with van der Waals surface area (Å²) in [6.45, 7) is 0.490. The zero-order chi connectivity index (χ0) is 20.1. The summed E-state index contributed by atoms with van der Waals surface area (Å²) in [5.41, 5.74) is 3.53. The highest BCUT2D eigenvalue weighted by Gasteiger charge is 2.36. The van der Waals surface area contributed by atoms with Crippen molar-refractivity contribution in [1.82, 2.24) is 19.7 Å². The number of methoxy groups -OCH3 is 1. The van der Waals surface area contributed by atoms with Crippen molar-refractivity contribution in [2.24, 2.45) is 7.05 Å². The Morgan fingerprint density at radius 2 is 2.07 bits per heavy atom. The SMILES string of the molecule is COc1nc2c(cc1C(=O)Nc1c3c(nn1C)CSC3)C(=O)N(C1CCCC1)C2. The van der Waals surface area contributed by atoms with Gasteiger partial charge in [0.25, 0.3) is 11.8 Å². The maximum absolute atomic E-state index is 13.1. The molecular formula is C20H23N5O3S. The summed E-state index contributed by atoms with van der Waals surface area (Å²) in [5.74, 6) is 2.24. The molecule has 2 amide bonds. The molecule has 0 bridgehead atoms. The predicted molar refractivity (Wildman–Crippen MR) is 109 cm³/mol. The average molecular weight is 414 g/mol. The summed E-state index contributed by atoms with van der Waals surface area (Å²) in [5, 5.41) is 7.44. The number of carbonyl (C=O) groups excluding carboxylic acids is 2. The van der Waals surface area contributed by atoms with Crippen molar-refractivity contribution in [2.45, 2.75) is 49.8 Å². The van der Waals surface area contributed by atoms with Crippen LogP contribution in [0.2, 0.25) is 0 Å². The van der Waals surface area contributed by atoms with E-state index in [-0.39, 0.29) is 29.3 Å². The molecule has 29 heavy (non-hydrogen) atoms. The molecule has 1 aliphatic carbocycles. The number of ether oxygens (including phenoxy) is 1. The number of carbonyl (C=O) groups is 2. The number of rotatable bonds is 4. The molecular weight excluding hydrogens is 390 g/mol. The van der Waals surface area contributed by atoms with E-state index in [1.807, 2.05) is 11.9 Å². The van der Waals surface area contributed by atoms with E-state index >= 15 is 0 Å². The van der Waals surface area contributed by atoms with E-state index in [9.17, 15) is 9.59 Å². The summed E-state index contributed by atoms with van der Waals surface area (Å²) in [7, 11) is 3.31. The van der Waals surface area contributed by atoms with Crippen molar-refractivity contribution in [1.29, 1.82) is 0 Å². The third-order valence-corrected chi connectivity index (χ3v) is 7.00. The molecule has 152 valence electrons. The van der Waals surface area contributed by atoms with Crippen LogP contribution in [0.25, 0.3) is 0 Å². The number of amides is 2. The number of aromatic nitrogens is 3. The van der Waals surface area contributed by atoms with E-state index in [1.54, 1.807) is 22.5 Å². The first-order chi connectivity index (χ1) is 14.1. The Morgan fingerprint density at radius 3 is 2.83 bits per heavy atom. The Hall–Kier alpha value is -2.55. The molecule has 0 atom stereocenters. The molecule has 3 aliphatic rings. The van der Waals surface area contributed by atoms with Crippen molar-refractivity contribution in [3.05, 3.63) is 34.1 Å². The molecule has 0 saturated heterocycles. The third kappa shape index (κ3) is 2.99. The zero-order valence-electron chi connectivity index (χ0n) is 16.5. The van der Waals surface area contributed by atoms with Gasteiger partial charge in [-0.3, -0.25) is 14.3 Å². The Labute approximate surface area is 173 Å². The van der Waals surface area contributed by atoms with Crippen LogP contribution < -0.4 is 10.1 Å². The van der Waals surface area contributed by atoms with E-state index < -0.39 is 0 Å². The van der Waals surface area contributed by atoms with E-state index in [1.165, 1.54) is 7.11 Å². The number of aryl methyl sites for hydroxylation is 1. The van der Waals surface area contributed by atoms with Gasteiger partial charge in [-0.2, -0.15) is 16.9 Å². The number of hydrogen-bond acceptors (Lipinski definition) is 6.